The van der Waals surface area contributed by atoms with Gasteiger partial charge in [0.2, 0.25) is 0 Å². The predicted molar refractivity (Wildman–Crippen MR) is 72.2 cm³/mol. The Morgan fingerprint density at radius 3 is 2.37 bits per heavy atom. The van der Waals surface area contributed by atoms with Gasteiger partial charge < -0.3 is 5.32 Å². The zero-order valence-corrected chi connectivity index (χ0v) is 12.7. The third-order valence-electron chi connectivity index (χ3n) is 2.31. The summed E-state index contributed by atoms with van der Waals surface area (Å²) in [6, 6.07) is 1.66. The molecule has 0 saturated heterocycles. The first-order valence-electron chi connectivity index (χ1n) is 5.93. The summed E-state index contributed by atoms with van der Waals surface area (Å²) in [4.78, 5) is 8.56. The lowest BCUT2D eigenvalue weighted by Gasteiger charge is -2.18. The van der Waals surface area contributed by atoms with E-state index in [1.54, 1.807) is 6.07 Å². The van der Waals surface area contributed by atoms with E-state index in [0.29, 0.717) is 16.2 Å². The Labute approximate surface area is 119 Å². The van der Waals surface area contributed by atoms with Gasteiger partial charge in [-0.1, -0.05) is 20.8 Å². The van der Waals surface area contributed by atoms with Gasteiger partial charge in [-0.2, -0.15) is 13.2 Å². The van der Waals surface area contributed by atoms with Crippen LogP contribution in [-0.4, -0.2) is 22.7 Å². The minimum absolute atomic E-state index is 0.0238. The third kappa shape index (κ3) is 6.22. The number of hydrogen-bond donors (Lipinski definition) is 1. The molecular weight excluding hydrogens is 323 g/mol. The number of nitrogens with zero attached hydrogens (tertiary/aromatic N) is 2. The summed E-state index contributed by atoms with van der Waals surface area (Å²) in [5.74, 6) is 1.18. The van der Waals surface area contributed by atoms with Crippen LogP contribution in [0.25, 0.3) is 0 Å². The van der Waals surface area contributed by atoms with Gasteiger partial charge >= 0.3 is 6.18 Å². The van der Waals surface area contributed by atoms with Gasteiger partial charge in [0, 0.05) is 24.4 Å². The van der Waals surface area contributed by atoms with E-state index in [4.69, 9.17) is 0 Å². The van der Waals surface area contributed by atoms with Crippen LogP contribution in [0.5, 0.6) is 0 Å². The number of aromatic nitrogens is 2. The van der Waals surface area contributed by atoms with E-state index < -0.39 is 12.6 Å². The highest BCUT2D eigenvalue weighted by Crippen LogP contribution is 2.23. The molecule has 0 unspecified atom stereocenters. The molecule has 7 heteroatoms. The molecule has 0 atom stereocenters. The fraction of sp³-hybridized carbons (Fsp3) is 0.667. The molecule has 0 spiro atoms. The van der Waals surface area contributed by atoms with E-state index in [1.807, 2.05) is 20.8 Å². The number of anilines is 1. The lowest BCUT2D eigenvalue weighted by molar-refractivity contribution is -0.134. The van der Waals surface area contributed by atoms with E-state index >= 15 is 0 Å². The number of alkyl halides is 3. The molecular formula is C12H17BrF3N3. The lowest BCUT2D eigenvalue weighted by Crippen LogP contribution is -2.18. The molecule has 0 aliphatic rings. The highest BCUT2D eigenvalue weighted by Gasteiger charge is 2.26. The Morgan fingerprint density at radius 2 is 1.84 bits per heavy atom. The maximum absolute atomic E-state index is 12.0. The van der Waals surface area contributed by atoms with Crippen molar-refractivity contribution in [3.8, 4) is 0 Å². The molecule has 1 heterocycles. The van der Waals surface area contributed by atoms with Crippen LogP contribution in [0, 0.1) is 0 Å². The van der Waals surface area contributed by atoms with Crippen LogP contribution in [0.4, 0.5) is 19.0 Å². The second-order valence-corrected chi connectivity index (χ2v) is 6.11. The maximum atomic E-state index is 12.0. The second-order valence-electron chi connectivity index (χ2n) is 5.30. The first kappa shape index (κ1) is 16.2. The van der Waals surface area contributed by atoms with Crippen LogP contribution in [-0.2, 0) is 5.41 Å². The molecule has 1 N–H and O–H groups in total. The molecule has 108 valence electrons. The molecule has 1 aromatic heterocycles. The molecule has 0 saturated carbocycles. The monoisotopic (exact) mass is 339 g/mol. The molecule has 0 aliphatic heterocycles. The van der Waals surface area contributed by atoms with Crippen LogP contribution in [0.15, 0.2) is 10.7 Å². The fourth-order valence-corrected chi connectivity index (χ4v) is 1.73. The van der Waals surface area contributed by atoms with Gasteiger partial charge in [-0.05, 0) is 22.4 Å². The zero-order valence-electron chi connectivity index (χ0n) is 11.1. The van der Waals surface area contributed by atoms with E-state index in [1.165, 1.54) is 0 Å². The summed E-state index contributed by atoms with van der Waals surface area (Å²) in [6.45, 7) is 6.15. The Hall–Kier alpha value is -0.850. The average Bonchev–Trinajstić information content (AvgIpc) is 2.21. The van der Waals surface area contributed by atoms with Crippen molar-refractivity contribution in [1.29, 1.82) is 0 Å². The summed E-state index contributed by atoms with van der Waals surface area (Å²) in [5, 5.41) is 2.89. The van der Waals surface area contributed by atoms with Crippen LogP contribution in [0.3, 0.4) is 0 Å². The highest BCUT2D eigenvalue weighted by molar-refractivity contribution is 9.10. The summed E-state index contributed by atoms with van der Waals surface area (Å²) < 4.78 is 36.6. The van der Waals surface area contributed by atoms with E-state index in [0.717, 1.165) is 0 Å². The van der Waals surface area contributed by atoms with E-state index in [-0.39, 0.29) is 18.4 Å². The van der Waals surface area contributed by atoms with Crippen LogP contribution in [0.1, 0.15) is 39.4 Å². The van der Waals surface area contributed by atoms with Gasteiger partial charge in [0.25, 0.3) is 0 Å². The summed E-state index contributed by atoms with van der Waals surface area (Å²) >= 11 is 3.28. The normalized spacial score (nSPS) is 12.6. The number of hydrogen-bond acceptors (Lipinski definition) is 3. The van der Waals surface area contributed by atoms with Crippen LogP contribution in [0.2, 0.25) is 0 Å². The molecule has 0 fully saturated rings. The van der Waals surface area contributed by atoms with Gasteiger partial charge in [-0.15, -0.1) is 0 Å². The van der Waals surface area contributed by atoms with Gasteiger partial charge in [0.05, 0.1) is 0 Å². The summed E-state index contributed by atoms with van der Waals surface area (Å²) in [5.41, 5.74) is -0.216. The fourth-order valence-electron chi connectivity index (χ4n) is 1.35. The van der Waals surface area contributed by atoms with Crippen molar-refractivity contribution >= 4 is 21.7 Å². The van der Waals surface area contributed by atoms with Crippen molar-refractivity contribution in [3.63, 3.8) is 0 Å². The third-order valence-corrected chi connectivity index (χ3v) is 2.72. The first-order chi connectivity index (χ1) is 8.58. The van der Waals surface area contributed by atoms with E-state index in [2.05, 4.69) is 31.2 Å². The van der Waals surface area contributed by atoms with Crippen molar-refractivity contribution in [2.45, 2.75) is 45.2 Å². The average molecular weight is 340 g/mol. The van der Waals surface area contributed by atoms with E-state index in [9.17, 15) is 13.2 Å². The smallest absolute Gasteiger partial charge is 0.370 e. The molecule has 0 amide bonds. The maximum Gasteiger partial charge on any atom is 0.389 e. The summed E-state index contributed by atoms with van der Waals surface area (Å²) in [6.07, 6.45) is -4.88. The van der Waals surface area contributed by atoms with Crippen LogP contribution >= 0.6 is 15.9 Å². The zero-order chi connectivity index (χ0) is 14.7. The Kier molecular flexibility index (Phi) is 5.18. The number of nitrogens with one attached hydrogen (secondary N) is 1. The van der Waals surface area contributed by atoms with Gasteiger partial charge in [0.1, 0.15) is 16.2 Å². The van der Waals surface area contributed by atoms with Gasteiger partial charge in [0.15, 0.2) is 0 Å². The highest BCUT2D eigenvalue weighted by atomic mass is 79.9. The van der Waals surface area contributed by atoms with Crippen molar-refractivity contribution in [2.75, 3.05) is 11.9 Å². The molecule has 0 aliphatic carbocycles. The van der Waals surface area contributed by atoms with Crippen molar-refractivity contribution in [3.05, 3.63) is 16.5 Å². The Morgan fingerprint density at radius 1 is 1.21 bits per heavy atom. The molecule has 1 rings (SSSR count). The van der Waals surface area contributed by atoms with Crippen molar-refractivity contribution < 1.29 is 13.2 Å². The second kappa shape index (κ2) is 6.07. The molecule has 3 nitrogen and oxygen atoms in total. The predicted octanol–water partition coefficient (Wildman–Crippen LogP) is 4.29. The molecule has 0 radical (unpaired) electrons. The largest absolute Gasteiger partial charge is 0.389 e. The molecule has 0 bridgehead atoms. The Bertz CT molecular complexity index is 427. The molecule has 0 aromatic carbocycles. The SMILES string of the molecule is CC(C)(C)c1nc(Br)cc(NCCCC(F)(F)F)n1. The van der Waals surface area contributed by atoms with Gasteiger partial charge in [-0.25, -0.2) is 9.97 Å². The van der Waals surface area contributed by atoms with Gasteiger partial charge in [-0.3, -0.25) is 0 Å². The summed E-state index contributed by atoms with van der Waals surface area (Å²) in [7, 11) is 0. The van der Waals surface area contributed by atoms with Crippen molar-refractivity contribution in [1.82, 2.24) is 9.97 Å². The lowest BCUT2D eigenvalue weighted by atomic mass is 9.96. The Balaban J connectivity index is 2.62. The number of halogens is 4. The molecule has 1 aromatic rings. The quantitative estimate of drug-likeness (QED) is 0.656. The standard InChI is InChI=1S/C12H17BrF3N3/c1-11(2,3)10-18-8(13)7-9(19-10)17-6-4-5-12(14,15)16/h7H,4-6H2,1-3H3,(H,17,18,19). The van der Waals surface area contributed by atoms with Crippen molar-refractivity contribution in [2.24, 2.45) is 0 Å². The molecule has 19 heavy (non-hydrogen) atoms. The first-order valence-corrected chi connectivity index (χ1v) is 6.73. The minimum Gasteiger partial charge on any atom is -0.370 e. The topological polar surface area (TPSA) is 37.8 Å². The van der Waals surface area contributed by atoms with Crippen LogP contribution < -0.4 is 5.32 Å². The minimum atomic E-state index is -4.11. The number of rotatable bonds is 4.